The molecule has 1 aromatic carbocycles. The van der Waals surface area contributed by atoms with Gasteiger partial charge in [-0.2, -0.15) is 5.10 Å². The maximum Gasteiger partial charge on any atom is 0.214 e. The largest absolute Gasteiger partial charge is 0.444 e. The van der Waals surface area contributed by atoms with Crippen LogP contribution >= 0.6 is 0 Å². The minimum Gasteiger partial charge on any atom is -0.444 e. The van der Waals surface area contributed by atoms with E-state index in [2.05, 4.69) is 25.7 Å². The van der Waals surface area contributed by atoms with Crippen molar-refractivity contribution in [3.63, 3.8) is 0 Å². The lowest BCUT2D eigenvalue weighted by atomic mass is 10.3. The van der Waals surface area contributed by atoms with Crippen LogP contribution in [0.1, 0.15) is 23.0 Å². The maximum absolute atomic E-state index is 13.0. The van der Waals surface area contributed by atoms with Crippen LogP contribution in [0.4, 0.5) is 4.39 Å². The Morgan fingerprint density at radius 3 is 2.63 bits per heavy atom. The number of aromatic nitrogens is 3. The molecule has 8 heteroatoms. The Bertz CT molecular complexity index is 893. The highest BCUT2D eigenvalue weighted by Crippen LogP contribution is 2.09. The summed E-state index contributed by atoms with van der Waals surface area (Å²) in [7, 11) is 1.71. The topological polar surface area (TPSA) is 80.3 Å². The van der Waals surface area contributed by atoms with Gasteiger partial charge in [0.15, 0.2) is 5.96 Å². The Morgan fingerprint density at radius 2 is 1.96 bits per heavy atom. The molecule has 0 spiro atoms. The van der Waals surface area contributed by atoms with Gasteiger partial charge in [0.1, 0.15) is 11.6 Å². The summed E-state index contributed by atoms with van der Waals surface area (Å²) in [4.78, 5) is 8.52. The zero-order valence-corrected chi connectivity index (χ0v) is 15.7. The molecule has 0 saturated heterocycles. The number of aryl methyl sites for hydroxylation is 2. The van der Waals surface area contributed by atoms with E-state index in [4.69, 9.17) is 4.42 Å². The predicted molar refractivity (Wildman–Crippen MR) is 101 cm³/mol. The summed E-state index contributed by atoms with van der Waals surface area (Å²) in [5.74, 6) is 1.86. The summed E-state index contributed by atoms with van der Waals surface area (Å²) in [5, 5.41) is 10.9. The fourth-order valence-corrected chi connectivity index (χ4v) is 2.54. The molecule has 0 atom stereocenters. The highest BCUT2D eigenvalue weighted by atomic mass is 19.1. The Balaban J connectivity index is 1.47. The second-order valence-electron chi connectivity index (χ2n) is 6.08. The van der Waals surface area contributed by atoms with Gasteiger partial charge < -0.3 is 15.1 Å². The third-order valence-corrected chi connectivity index (χ3v) is 4.11. The maximum atomic E-state index is 13.0. The number of halogens is 1. The van der Waals surface area contributed by atoms with Gasteiger partial charge in [0.25, 0.3) is 0 Å². The van der Waals surface area contributed by atoms with Gasteiger partial charge in [-0.05, 0) is 44.2 Å². The molecule has 0 fully saturated rings. The molecule has 2 N–H and O–H groups in total. The average molecular weight is 370 g/mol. The zero-order valence-electron chi connectivity index (χ0n) is 15.7. The van der Waals surface area contributed by atoms with E-state index in [1.165, 1.54) is 12.1 Å². The average Bonchev–Trinajstić information content (AvgIpc) is 3.25. The van der Waals surface area contributed by atoms with E-state index >= 15 is 0 Å². The molecule has 3 rings (SSSR count). The van der Waals surface area contributed by atoms with E-state index in [9.17, 15) is 4.39 Å². The van der Waals surface area contributed by atoms with Crippen molar-refractivity contribution in [1.29, 1.82) is 0 Å². The van der Waals surface area contributed by atoms with Gasteiger partial charge in [-0.1, -0.05) is 0 Å². The van der Waals surface area contributed by atoms with Crippen LogP contribution in [-0.2, 0) is 13.0 Å². The fraction of sp³-hybridized carbons (Fsp3) is 0.316. The molecule has 0 amide bonds. The molecule has 0 bridgehead atoms. The van der Waals surface area contributed by atoms with Crippen LogP contribution in [0, 0.1) is 19.7 Å². The highest BCUT2D eigenvalue weighted by Gasteiger charge is 2.07. The van der Waals surface area contributed by atoms with Crippen molar-refractivity contribution < 1.29 is 8.81 Å². The zero-order chi connectivity index (χ0) is 19.2. The SMILES string of the molecule is CN=C(NCCc1ccn(-c2ccc(F)cc2)n1)NCc1nc(C)c(C)o1. The summed E-state index contributed by atoms with van der Waals surface area (Å²) < 4.78 is 20.3. The number of hydrogen-bond donors (Lipinski definition) is 2. The molecule has 0 unspecified atom stereocenters. The van der Waals surface area contributed by atoms with Gasteiger partial charge in [0.2, 0.25) is 5.89 Å². The second-order valence-corrected chi connectivity index (χ2v) is 6.08. The van der Waals surface area contributed by atoms with Crippen LogP contribution in [0.5, 0.6) is 0 Å². The first kappa shape index (κ1) is 18.6. The number of nitrogens with zero attached hydrogens (tertiary/aromatic N) is 4. The smallest absolute Gasteiger partial charge is 0.214 e. The van der Waals surface area contributed by atoms with E-state index < -0.39 is 0 Å². The molecular weight excluding hydrogens is 347 g/mol. The van der Waals surface area contributed by atoms with Gasteiger partial charge >= 0.3 is 0 Å². The first-order valence-corrected chi connectivity index (χ1v) is 8.73. The van der Waals surface area contributed by atoms with E-state index in [0.29, 0.717) is 24.9 Å². The van der Waals surface area contributed by atoms with Crippen molar-refractivity contribution in [2.45, 2.75) is 26.8 Å². The van der Waals surface area contributed by atoms with Crippen molar-refractivity contribution in [1.82, 2.24) is 25.4 Å². The van der Waals surface area contributed by atoms with Crippen LogP contribution in [0.3, 0.4) is 0 Å². The first-order chi connectivity index (χ1) is 13.0. The predicted octanol–water partition coefficient (Wildman–Crippen LogP) is 2.52. The molecular formula is C19H23FN6O. The van der Waals surface area contributed by atoms with E-state index in [1.807, 2.05) is 26.1 Å². The van der Waals surface area contributed by atoms with Crippen LogP contribution in [0.15, 0.2) is 45.9 Å². The van der Waals surface area contributed by atoms with Gasteiger partial charge in [-0.15, -0.1) is 0 Å². The van der Waals surface area contributed by atoms with Gasteiger partial charge in [-0.25, -0.2) is 14.1 Å². The molecule has 7 nitrogen and oxygen atoms in total. The fourth-order valence-electron chi connectivity index (χ4n) is 2.54. The van der Waals surface area contributed by atoms with Crippen LogP contribution in [0.2, 0.25) is 0 Å². The first-order valence-electron chi connectivity index (χ1n) is 8.73. The van der Waals surface area contributed by atoms with Crippen molar-refractivity contribution in [2.75, 3.05) is 13.6 Å². The second kappa shape index (κ2) is 8.48. The molecule has 0 saturated carbocycles. The van der Waals surface area contributed by atoms with Crippen LogP contribution < -0.4 is 10.6 Å². The Kier molecular flexibility index (Phi) is 5.85. The number of nitrogens with one attached hydrogen (secondary N) is 2. The Hall–Kier alpha value is -3.16. The molecule has 2 heterocycles. The minimum absolute atomic E-state index is 0.260. The summed E-state index contributed by atoms with van der Waals surface area (Å²) in [5.41, 5.74) is 2.65. The number of aliphatic imine (C=N–C) groups is 1. The lowest BCUT2D eigenvalue weighted by molar-refractivity contribution is 0.463. The van der Waals surface area contributed by atoms with Crippen molar-refractivity contribution in [3.8, 4) is 5.69 Å². The molecule has 0 aliphatic heterocycles. The van der Waals surface area contributed by atoms with Gasteiger partial charge in [0.05, 0.1) is 23.6 Å². The monoisotopic (exact) mass is 370 g/mol. The van der Waals surface area contributed by atoms with E-state index in [-0.39, 0.29) is 5.82 Å². The molecule has 3 aromatic rings. The van der Waals surface area contributed by atoms with E-state index in [0.717, 1.165) is 29.3 Å². The molecule has 0 aliphatic carbocycles. The molecule has 0 aliphatic rings. The molecule has 142 valence electrons. The van der Waals surface area contributed by atoms with Crippen molar-refractivity contribution in [2.24, 2.45) is 4.99 Å². The Labute approximate surface area is 157 Å². The standard InChI is InChI=1S/C19H23FN6O/c1-13-14(2)27-18(24-13)12-23-19(21-3)22-10-8-16-9-11-26(25-16)17-6-4-15(20)5-7-17/h4-7,9,11H,8,10,12H2,1-3H3,(H2,21,22,23). The quantitative estimate of drug-likeness (QED) is 0.515. The summed E-state index contributed by atoms with van der Waals surface area (Å²) in [6.07, 6.45) is 2.59. The van der Waals surface area contributed by atoms with Gasteiger partial charge in [-0.3, -0.25) is 4.99 Å². The number of benzene rings is 1. The molecule has 27 heavy (non-hydrogen) atoms. The number of guanidine groups is 1. The minimum atomic E-state index is -0.260. The number of oxazole rings is 1. The summed E-state index contributed by atoms with van der Waals surface area (Å²) >= 11 is 0. The lowest BCUT2D eigenvalue weighted by Crippen LogP contribution is -2.38. The number of hydrogen-bond acceptors (Lipinski definition) is 4. The molecule has 0 radical (unpaired) electrons. The Morgan fingerprint density at radius 1 is 1.19 bits per heavy atom. The van der Waals surface area contributed by atoms with Crippen molar-refractivity contribution >= 4 is 5.96 Å². The molecule has 2 aromatic heterocycles. The normalized spacial score (nSPS) is 11.6. The third-order valence-electron chi connectivity index (χ3n) is 4.11. The summed E-state index contributed by atoms with van der Waals surface area (Å²) in [6.45, 7) is 4.95. The third kappa shape index (κ3) is 4.93. The van der Waals surface area contributed by atoms with Crippen LogP contribution in [-0.4, -0.2) is 34.3 Å². The number of rotatable bonds is 6. The summed E-state index contributed by atoms with van der Waals surface area (Å²) in [6, 6.07) is 8.18. The highest BCUT2D eigenvalue weighted by molar-refractivity contribution is 5.79. The van der Waals surface area contributed by atoms with Crippen LogP contribution in [0.25, 0.3) is 5.69 Å². The lowest BCUT2D eigenvalue weighted by Gasteiger charge is -2.09. The van der Waals surface area contributed by atoms with E-state index in [1.54, 1.807) is 23.9 Å². The van der Waals surface area contributed by atoms with Gasteiger partial charge in [0, 0.05) is 26.2 Å². The van der Waals surface area contributed by atoms with Crippen molar-refractivity contribution in [3.05, 3.63) is 65.4 Å².